The third kappa shape index (κ3) is 20.6. The van der Waals surface area contributed by atoms with Crippen LogP contribution in [0.25, 0.3) is 0 Å². The van der Waals surface area contributed by atoms with Gasteiger partial charge in [0.15, 0.2) is 0 Å². The SMILES string of the molecule is CCCCCCCCCCCCCCN(C)C(=O)CCSCCN(CCNC(=O)CC)C(=O)CC. The molecule has 0 aromatic carbocycles. The molecule has 6 nitrogen and oxygen atoms in total. The van der Waals surface area contributed by atoms with Crippen LogP contribution in [0.5, 0.6) is 0 Å². The fourth-order valence-electron chi connectivity index (χ4n) is 3.98. The standard InChI is InChI=1S/C28H55N3O3S/c1-5-8-9-10-11-12-13-14-15-16-17-18-21-30(4)28(34)19-24-35-25-23-31(27(33)7-3)22-20-29-26(32)6-2/h5-25H2,1-4H3,(H,29,32). The highest BCUT2D eigenvalue weighted by atomic mass is 32.2. The normalized spacial score (nSPS) is 10.9. The first-order valence-corrected chi connectivity index (χ1v) is 15.5. The van der Waals surface area contributed by atoms with E-state index in [4.69, 9.17) is 0 Å². The van der Waals surface area contributed by atoms with Crippen LogP contribution in [0.15, 0.2) is 0 Å². The summed E-state index contributed by atoms with van der Waals surface area (Å²) in [6.07, 6.45) is 17.4. The molecule has 0 saturated carbocycles. The Morgan fingerprint density at radius 3 is 1.77 bits per heavy atom. The van der Waals surface area contributed by atoms with E-state index in [9.17, 15) is 14.4 Å². The maximum Gasteiger partial charge on any atom is 0.223 e. The zero-order chi connectivity index (χ0) is 26.2. The maximum absolute atomic E-state index is 12.4. The van der Waals surface area contributed by atoms with Crippen LogP contribution >= 0.6 is 11.8 Å². The Morgan fingerprint density at radius 1 is 0.657 bits per heavy atom. The first kappa shape index (κ1) is 33.8. The molecule has 0 spiro atoms. The molecule has 206 valence electrons. The van der Waals surface area contributed by atoms with E-state index in [0.29, 0.717) is 38.9 Å². The fraction of sp³-hybridized carbons (Fsp3) is 0.893. The molecule has 35 heavy (non-hydrogen) atoms. The predicted octanol–water partition coefficient (Wildman–Crippen LogP) is 6.03. The molecule has 7 heteroatoms. The summed E-state index contributed by atoms with van der Waals surface area (Å²) in [4.78, 5) is 39.5. The second-order valence-corrected chi connectivity index (χ2v) is 10.7. The predicted molar refractivity (Wildman–Crippen MR) is 151 cm³/mol. The van der Waals surface area contributed by atoms with Gasteiger partial charge in [0.25, 0.3) is 0 Å². The number of carbonyl (C=O) groups excluding carboxylic acids is 3. The molecule has 0 fully saturated rings. The molecule has 1 N–H and O–H groups in total. The second kappa shape index (κ2) is 24.5. The van der Waals surface area contributed by atoms with Crippen LogP contribution in [-0.2, 0) is 14.4 Å². The van der Waals surface area contributed by atoms with Gasteiger partial charge in [-0.05, 0) is 6.42 Å². The fourth-order valence-corrected chi connectivity index (χ4v) is 4.85. The molecular weight excluding hydrogens is 458 g/mol. The van der Waals surface area contributed by atoms with Crippen molar-refractivity contribution in [2.75, 3.05) is 44.7 Å². The molecule has 0 aliphatic heterocycles. The molecule has 0 rings (SSSR count). The van der Waals surface area contributed by atoms with E-state index in [2.05, 4.69) is 12.2 Å². The Morgan fingerprint density at radius 2 is 1.23 bits per heavy atom. The van der Waals surface area contributed by atoms with E-state index in [1.165, 1.54) is 70.6 Å². The number of nitrogens with zero attached hydrogens (tertiary/aromatic N) is 2. The Balaban J connectivity index is 3.74. The molecule has 0 aromatic rings. The number of hydrogen-bond donors (Lipinski definition) is 1. The molecular formula is C28H55N3O3S. The second-order valence-electron chi connectivity index (χ2n) is 9.50. The zero-order valence-electron chi connectivity index (χ0n) is 23.4. The highest BCUT2D eigenvalue weighted by Gasteiger charge is 2.12. The highest BCUT2D eigenvalue weighted by Crippen LogP contribution is 2.12. The number of nitrogens with one attached hydrogen (secondary N) is 1. The van der Waals surface area contributed by atoms with Crippen molar-refractivity contribution in [3.63, 3.8) is 0 Å². The first-order valence-electron chi connectivity index (χ1n) is 14.3. The number of amides is 3. The van der Waals surface area contributed by atoms with Crippen molar-refractivity contribution in [2.45, 2.75) is 117 Å². The molecule has 3 amide bonds. The van der Waals surface area contributed by atoms with Crippen molar-refractivity contribution in [3.8, 4) is 0 Å². The number of unbranched alkanes of at least 4 members (excludes halogenated alkanes) is 11. The Kier molecular flexibility index (Phi) is 23.6. The third-order valence-electron chi connectivity index (χ3n) is 6.42. The summed E-state index contributed by atoms with van der Waals surface area (Å²) in [5, 5.41) is 2.82. The van der Waals surface area contributed by atoms with Crippen molar-refractivity contribution < 1.29 is 14.4 Å². The summed E-state index contributed by atoms with van der Waals surface area (Å²) in [5.41, 5.74) is 0. The average molecular weight is 514 g/mol. The van der Waals surface area contributed by atoms with Gasteiger partial charge in [-0.3, -0.25) is 14.4 Å². The van der Waals surface area contributed by atoms with Gasteiger partial charge < -0.3 is 15.1 Å². The molecule has 0 aliphatic carbocycles. The molecule has 0 heterocycles. The minimum Gasteiger partial charge on any atom is -0.354 e. The van der Waals surface area contributed by atoms with E-state index in [1.807, 2.05) is 30.7 Å². The van der Waals surface area contributed by atoms with Crippen LogP contribution in [0.4, 0.5) is 0 Å². The van der Waals surface area contributed by atoms with E-state index in [0.717, 1.165) is 24.5 Å². The Bertz CT molecular complexity index is 546. The van der Waals surface area contributed by atoms with Crippen molar-refractivity contribution in [2.24, 2.45) is 0 Å². The minimum absolute atomic E-state index is 0.00871. The summed E-state index contributed by atoms with van der Waals surface area (Å²) in [5.74, 6) is 1.92. The van der Waals surface area contributed by atoms with E-state index in [1.54, 1.807) is 11.8 Å². The first-order chi connectivity index (χ1) is 17.0. The van der Waals surface area contributed by atoms with Crippen molar-refractivity contribution in [1.29, 1.82) is 0 Å². The van der Waals surface area contributed by atoms with Gasteiger partial charge in [0.1, 0.15) is 0 Å². The Labute approximate surface area is 220 Å². The summed E-state index contributed by atoms with van der Waals surface area (Å²) in [6, 6.07) is 0. The van der Waals surface area contributed by atoms with Crippen LogP contribution in [0.3, 0.4) is 0 Å². The lowest BCUT2D eigenvalue weighted by molar-refractivity contribution is -0.131. The zero-order valence-corrected chi connectivity index (χ0v) is 24.2. The smallest absolute Gasteiger partial charge is 0.223 e. The molecule has 0 aliphatic rings. The largest absolute Gasteiger partial charge is 0.354 e. The molecule has 0 aromatic heterocycles. The van der Waals surface area contributed by atoms with Gasteiger partial charge in [-0.2, -0.15) is 11.8 Å². The van der Waals surface area contributed by atoms with Gasteiger partial charge in [-0.25, -0.2) is 0 Å². The number of thioether (sulfide) groups is 1. The van der Waals surface area contributed by atoms with Crippen LogP contribution in [-0.4, -0.2) is 72.3 Å². The monoisotopic (exact) mass is 513 g/mol. The minimum atomic E-state index is 0.00871. The van der Waals surface area contributed by atoms with Crippen LogP contribution in [0, 0.1) is 0 Å². The summed E-state index contributed by atoms with van der Waals surface area (Å²) in [7, 11) is 1.91. The van der Waals surface area contributed by atoms with Crippen LogP contribution in [0.1, 0.15) is 117 Å². The number of hydrogen-bond acceptors (Lipinski definition) is 4. The lowest BCUT2D eigenvalue weighted by Crippen LogP contribution is -2.39. The van der Waals surface area contributed by atoms with E-state index in [-0.39, 0.29) is 17.7 Å². The van der Waals surface area contributed by atoms with Crippen LogP contribution < -0.4 is 5.32 Å². The molecule has 0 atom stereocenters. The quantitative estimate of drug-likeness (QED) is 0.160. The lowest BCUT2D eigenvalue weighted by atomic mass is 10.1. The third-order valence-corrected chi connectivity index (χ3v) is 7.38. The van der Waals surface area contributed by atoms with E-state index < -0.39 is 0 Å². The van der Waals surface area contributed by atoms with Gasteiger partial charge in [-0.1, -0.05) is 91.4 Å². The van der Waals surface area contributed by atoms with Gasteiger partial charge in [0, 0.05) is 64.0 Å². The maximum atomic E-state index is 12.4. The number of rotatable bonds is 24. The summed E-state index contributed by atoms with van der Waals surface area (Å²) in [6.45, 7) is 8.48. The topological polar surface area (TPSA) is 69.7 Å². The van der Waals surface area contributed by atoms with Crippen LogP contribution in [0.2, 0.25) is 0 Å². The number of carbonyl (C=O) groups is 3. The van der Waals surface area contributed by atoms with Gasteiger partial charge >= 0.3 is 0 Å². The summed E-state index contributed by atoms with van der Waals surface area (Å²) < 4.78 is 0. The molecule has 0 saturated heterocycles. The molecule has 0 unspecified atom stereocenters. The molecule has 0 bridgehead atoms. The lowest BCUT2D eigenvalue weighted by Gasteiger charge is -2.22. The van der Waals surface area contributed by atoms with Gasteiger partial charge in [0.2, 0.25) is 17.7 Å². The van der Waals surface area contributed by atoms with Crippen molar-refractivity contribution in [3.05, 3.63) is 0 Å². The highest BCUT2D eigenvalue weighted by molar-refractivity contribution is 7.99. The van der Waals surface area contributed by atoms with E-state index >= 15 is 0 Å². The summed E-state index contributed by atoms with van der Waals surface area (Å²) >= 11 is 1.72. The van der Waals surface area contributed by atoms with Gasteiger partial charge in [0.05, 0.1) is 0 Å². The average Bonchev–Trinajstić information content (AvgIpc) is 2.86. The molecule has 0 radical (unpaired) electrons. The Hall–Kier alpha value is -1.24. The van der Waals surface area contributed by atoms with Crippen molar-refractivity contribution >= 4 is 29.5 Å². The van der Waals surface area contributed by atoms with Gasteiger partial charge in [-0.15, -0.1) is 0 Å². The van der Waals surface area contributed by atoms with Crippen molar-refractivity contribution in [1.82, 2.24) is 15.1 Å².